The van der Waals surface area contributed by atoms with Gasteiger partial charge >= 0.3 is 5.97 Å². The zero-order valence-electron chi connectivity index (χ0n) is 17.8. The zero-order chi connectivity index (χ0) is 23.4. The lowest BCUT2D eigenvalue weighted by molar-refractivity contribution is -0.142. The minimum absolute atomic E-state index is 0.233. The van der Waals surface area contributed by atoms with Gasteiger partial charge in [-0.2, -0.15) is 0 Å². The number of hydrogen-bond acceptors (Lipinski definition) is 4. The molecule has 0 saturated heterocycles. The number of carbonyl (C=O) groups is 3. The van der Waals surface area contributed by atoms with Crippen LogP contribution in [0.25, 0.3) is 11.1 Å². The van der Waals surface area contributed by atoms with E-state index >= 15 is 0 Å². The first kappa shape index (κ1) is 22.3. The Labute approximate surface area is 190 Å². The molecule has 0 radical (unpaired) electrons. The highest BCUT2D eigenvalue weighted by Gasteiger charge is 2.38. The van der Waals surface area contributed by atoms with Crippen LogP contribution in [0, 0.1) is 11.8 Å². The molecule has 0 bridgehead atoms. The number of benzene rings is 2. The molecular weight excluding hydrogens is 423 g/mol. The number of aliphatic carboxylic acids is 1. The number of Topliss-reactive ketones (excluding diaryl/α,β-unsaturated/α-hetero) is 1. The molecule has 1 aromatic heterocycles. The number of amides is 1. The van der Waals surface area contributed by atoms with Crippen LogP contribution < -0.4 is 5.32 Å². The van der Waals surface area contributed by atoms with E-state index in [-0.39, 0.29) is 11.5 Å². The third kappa shape index (κ3) is 4.98. The highest BCUT2D eigenvalue weighted by molar-refractivity contribution is 5.99. The summed E-state index contributed by atoms with van der Waals surface area (Å²) in [5, 5.41) is 11.9. The summed E-state index contributed by atoms with van der Waals surface area (Å²) in [6, 6.07) is 18.5. The Kier molecular flexibility index (Phi) is 6.58. The first-order valence-electron chi connectivity index (χ1n) is 10.8. The molecule has 2 aromatic carbocycles. The molecule has 1 fully saturated rings. The van der Waals surface area contributed by atoms with Crippen LogP contribution in [0.1, 0.15) is 41.5 Å². The van der Waals surface area contributed by atoms with Crippen molar-refractivity contribution in [3.8, 4) is 11.1 Å². The summed E-state index contributed by atoms with van der Waals surface area (Å²) in [5.74, 6) is -3.09. The van der Waals surface area contributed by atoms with E-state index in [9.17, 15) is 23.9 Å². The lowest BCUT2D eigenvalue weighted by atomic mass is 9.90. The maximum absolute atomic E-state index is 14.4. The van der Waals surface area contributed by atoms with Crippen molar-refractivity contribution >= 4 is 23.3 Å². The van der Waals surface area contributed by atoms with E-state index in [1.54, 1.807) is 72.9 Å². The molecular formula is C26H23FN2O4. The van der Waals surface area contributed by atoms with Crippen molar-refractivity contribution in [3.05, 3.63) is 84.2 Å². The van der Waals surface area contributed by atoms with Gasteiger partial charge in [-0.25, -0.2) is 4.39 Å². The molecule has 0 spiro atoms. The molecule has 1 saturated carbocycles. The fourth-order valence-electron chi connectivity index (χ4n) is 4.19. The number of alkyl halides is 1. The molecule has 1 aliphatic carbocycles. The molecule has 1 amide bonds. The van der Waals surface area contributed by atoms with Crippen molar-refractivity contribution in [3.63, 3.8) is 0 Å². The van der Waals surface area contributed by atoms with Crippen LogP contribution in [-0.2, 0) is 9.59 Å². The SMILES string of the molecule is O=C(Nc1ccc(-c2ccc(C(=O)C3CCCC3C(=O)O)nc2)cc1)C(F)c1ccccc1. The number of carboxylic acid groups (broad SMARTS) is 1. The van der Waals surface area contributed by atoms with Crippen LogP contribution >= 0.6 is 0 Å². The number of nitrogens with one attached hydrogen (secondary N) is 1. The number of halogens is 1. The molecule has 3 atom stereocenters. The molecule has 168 valence electrons. The van der Waals surface area contributed by atoms with Crippen molar-refractivity contribution in [2.45, 2.75) is 25.4 Å². The minimum atomic E-state index is -1.76. The first-order valence-corrected chi connectivity index (χ1v) is 10.8. The Morgan fingerprint density at radius 1 is 0.909 bits per heavy atom. The number of nitrogens with zero attached hydrogens (tertiary/aromatic N) is 1. The van der Waals surface area contributed by atoms with Crippen molar-refractivity contribution in [2.75, 3.05) is 5.32 Å². The van der Waals surface area contributed by atoms with E-state index in [0.717, 1.165) is 17.5 Å². The molecule has 3 unspecified atom stereocenters. The molecule has 6 nitrogen and oxygen atoms in total. The summed E-state index contributed by atoms with van der Waals surface area (Å²) in [6.45, 7) is 0. The Bertz CT molecular complexity index is 1150. The quantitative estimate of drug-likeness (QED) is 0.493. The fourth-order valence-corrected chi connectivity index (χ4v) is 4.19. The Morgan fingerprint density at radius 2 is 1.58 bits per heavy atom. The number of aromatic nitrogens is 1. The number of anilines is 1. The van der Waals surface area contributed by atoms with E-state index in [1.807, 2.05) is 0 Å². The predicted octanol–water partition coefficient (Wildman–Crippen LogP) is 5.08. The first-order chi connectivity index (χ1) is 15.9. The average molecular weight is 446 g/mol. The summed E-state index contributed by atoms with van der Waals surface area (Å²) in [6.07, 6.45) is 1.61. The van der Waals surface area contributed by atoms with Crippen molar-refractivity contribution < 1.29 is 23.9 Å². The molecule has 1 heterocycles. The number of carbonyl (C=O) groups excluding carboxylic acids is 2. The molecule has 1 aliphatic rings. The van der Waals surface area contributed by atoms with E-state index in [2.05, 4.69) is 10.3 Å². The zero-order valence-corrected chi connectivity index (χ0v) is 17.8. The third-order valence-electron chi connectivity index (χ3n) is 5.99. The monoisotopic (exact) mass is 446 g/mol. The smallest absolute Gasteiger partial charge is 0.307 e. The van der Waals surface area contributed by atoms with Crippen LogP contribution in [0.3, 0.4) is 0 Å². The highest BCUT2D eigenvalue weighted by atomic mass is 19.1. The summed E-state index contributed by atoms with van der Waals surface area (Å²) >= 11 is 0. The summed E-state index contributed by atoms with van der Waals surface area (Å²) in [7, 11) is 0. The minimum Gasteiger partial charge on any atom is -0.481 e. The van der Waals surface area contributed by atoms with Gasteiger partial charge in [0.2, 0.25) is 6.17 Å². The number of rotatable bonds is 7. The number of ketones is 1. The highest BCUT2D eigenvalue weighted by Crippen LogP contribution is 2.34. The van der Waals surface area contributed by atoms with Gasteiger partial charge in [-0.15, -0.1) is 0 Å². The number of hydrogen-bond donors (Lipinski definition) is 2. The van der Waals surface area contributed by atoms with Crippen LogP contribution in [0.15, 0.2) is 72.9 Å². The molecule has 4 rings (SSSR count). The normalized spacial score (nSPS) is 18.5. The third-order valence-corrected chi connectivity index (χ3v) is 5.99. The van der Waals surface area contributed by atoms with E-state index in [0.29, 0.717) is 24.1 Å². The van der Waals surface area contributed by atoms with Gasteiger partial charge in [0.1, 0.15) is 5.69 Å². The second kappa shape index (κ2) is 9.73. The van der Waals surface area contributed by atoms with Crippen LogP contribution in [0.2, 0.25) is 0 Å². The van der Waals surface area contributed by atoms with Gasteiger partial charge in [0, 0.05) is 23.4 Å². The number of carboxylic acids is 1. The number of pyridine rings is 1. The van der Waals surface area contributed by atoms with Crippen molar-refractivity contribution in [2.24, 2.45) is 11.8 Å². The van der Waals surface area contributed by atoms with Gasteiger partial charge in [0.15, 0.2) is 5.78 Å². The molecule has 2 N–H and O–H groups in total. The van der Waals surface area contributed by atoms with Crippen LogP contribution in [0.5, 0.6) is 0 Å². The van der Waals surface area contributed by atoms with Crippen molar-refractivity contribution in [1.82, 2.24) is 4.98 Å². The standard InChI is InChI=1S/C26H23FN2O4/c27-23(17-5-2-1-3-6-17)25(31)29-19-12-9-16(10-13-19)18-11-14-22(28-15-18)24(30)20-7-4-8-21(20)26(32)33/h1-3,5-6,9-15,20-21,23H,4,7-8H2,(H,29,31)(H,32,33). The summed E-state index contributed by atoms with van der Waals surface area (Å²) in [5.41, 5.74) is 2.58. The lowest BCUT2D eigenvalue weighted by Crippen LogP contribution is -2.25. The van der Waals surface area contributed by atoms with Crippen LogP contribution in [0.4, 0.5) is 10.1 Å². The Balaban J connectivity index is 1.41. The molecule has 33 heavy (non-hydrogen) atoms. The van der Waals surface area contributed by atoms with E-state index < -0.39 is 29.9 Å². The summed E-state index contributed by atoms with van der Waals surface area (Å²) in [4.78, 5) is 40.5. The second-order valence-corrected chi connectivity index (χ2v) is 8.12. The lowest BCUT2D eigenvalue weighted by Gasteiger charge is -2.14. The van der Waals surface area contributed by atoms with Gasteiger partial charge < -0.3 is 10.4 Å². The van der Waals surface area contributed by atoms with Gasteiger partial charge in [-0.3, -0.25) is 19.4 Å². The maximum Gasteiger partial charge on any atom is 0.307 e. The van der Waals surface area contributed by atoms with Gasteiger partial charge in [-0.05, 0) is 42.2 Å². The second-order valence-electron chi connectivity index (χ2n) is 8.12. The Morgan fingerprint density at radius 3 is 2.21 bits per heavy atom. The average Bonchev–Trinajstić information content (AvgIpc) is 3.35. The van der Waals surface area contributed by atoms with Crippen molar-refractivity contribution in [1.29, 1.82) is 0 Å². The summed E-state index contributed by atoms with van der Waals surface area (Å²) < 4.78 is 14.4. The molecule has 3 aromatic rings. The predicted molar refractivity (Wildman–Crippen MR) is 121 cm³/mol. The molecule has 0 aliphatic heterocycles. The topological polar surface area (TPSA) is 96.4 Å². The van der Waals surface area contributed by atoms with E-state index in [1.165, 1.54) is 0 Å². The maximum atomic E-state index is 14.4. The fraction of sp³-hybridized carbons (Fsp3) is 0.231. The van der Waals surface area contributed by atoms with Gasteiger partial charge in [0.05, 0.1) is 5.92 Å². The largest absolute Gasteiger partial charge is 0.481 e. The molecule has 7 heteroatoms. The van der Waals surface area contributed by atoms with E-state index in [4.69, 9.17) is 0 Å². The van der Waals surface area contributed by atoms with Crippen LogP contribution in [-0.4, -0.2) is 27.8 Å². The van der Waals surface area contributed by atoms with Gasteiger partial charge in [-0.1, -0.05) is 55.0 Å². The Hall–Kier alpha value is -3.87. The van der Waals surface area contributed by atoms with Gasteiger partial charge in [0.25, 0.3) is 5.91 Å².